The van der Waals surface area contributed by atoms with Gasteiger partial charge in [-0.05, 0) is 37.6 Å². The first-order chi connectivity index (χ1) is 9.02. The summed E-state index contributed by atoms with van der Waals surface area (Å²) in [6.07, 6.45) is 2.05. The van der Waals surface area contributed by atoms with E-state index >= 15 is 0 Å². The van der Waals surface area contributed by atoms with Gasteiger partial charge in [-0.15, -0.1) is 6.58 Å². The first-order valence-corrected chi connectivity index (χ1v) is 6.10. The van der Waals surface area contributed by atoms with E-state index in [-0.39, 0.29) is 11.9 Å². The molecule has 0 saturated carbocycles. The third-order valence-corrected chi connectivity index (χ3v) is 2.60. The van der Waals surface area contributed by atoms with E-state index in [1.165, 1.54) is 12.1 Å². The van der Waals surface area contributed by atoms with Crippen LogP contribution in [-0.4, -0.2) is 25.0 Å². The maximum Gasteiger partial charge on any atom is 0.237 e. The molecule has 0 fully saturated rings. The molecule has 0 radical (unpaired) electrons. The molecule has 0 spiro atoms. The summed E-state index contributed by atoms with van der Waals surface area (Å²) in [4.78, 5) is 11.5. The number of carbonyl (C=O) groups excluding carboxylic acids is 1. The third kappa shape index (κ3) is 5.61. The van der Waals surface area contributed by atoms with Crippen LogP contribution in [-0.2, 0) is 11.2 Å². The standard InChI is InChI=1S/C14H18F2N2O/c1-3-5-18-14(19)10(2)17-6-4-11-7-12(15)9-13(16)8-11/h3,7-10,17H,1,4-6H2,2H3,(H,18,19). The molecule has 1 rings (SSSR count). The van der Waals surface area contributed by atoms with Gasteiger partial charge in [0.15, 0.2) is 0 Å². The molecule has 1 atom stereocenters. The second-order valence-electron chi connectivity index (χ2n) is 4.24. The first-order valence-electron chi connectivity index (χ1n) is 6.10. The predicted molar refractivity (Wildman–Crippen MR) is 70.7 cm³/mol. The summed E-state index contributed by atoms with van der Waals surface area (Å²) in [7, 11) is 0. The number of carbonyl (C=O) groups is 1. The zero-order valence-corrected chi connectivity index (χ0v) is 10.9. The maximum absolute atomic E-state index is 12.9. The fourth-order valence-electron chi connectivity index (χ4n) is 1.61. The van der Waals surface area contributed by atoms with Crippen molar-refractivity contribution in [1.82, 2.24) is 10.6 Å². The van der Waals surface area contributed by atoms with Crippen LogP contribution in [0.2, 0.25) is 0 Å². The molecule has 0 bridgehead atoms. The molecular formula is C14H18F2N2O. The van der Waals surface area contributed by atoms with Crippen molar-refractivity contribution >= 4 is 5.91 Å². The molecule has 5 heteroatoms. The van der Waals surface area contributed by atoms with Crippen LogP contribution in [0.1, 0.15) is 12.5 Å². The lowest BCUT2D eigenvalue weighted by molar-refractivity contribution is -0.122. The lowest BCUT2D eigenvalue weighted by atomic mass is 10.1. The minimum Gasteiger partial charge on any atom is -0.351 e. The van der Waals surface area contributed by atoms with Gasteiger partial charge >= 0.3 is 0 Å². The van der Waals surface area contributed by atoms with Crippen LogP contribution in [0.4, 0.5) is 8.78 Å². The molecule has 1 amide bonds. The zero-order chi connectivity index (χ0) is 14.3. The van der Waals surface area contributed by atoms with Crippen LogP contribution in [0.25, 0.3) is 0 Å². The molecule has 0 aliphatic heterocycles. The molecule has 0 aliphatic carbocycles. The lowest BCUT2D eigenvalue weighted by Crippen LogP contribution is -2.42. The Hall–Kier alpha value is -1.75. The van der Waals surface area contributed by atoms with Gasteiger partial charge in [0.2, 0.25) is 5.91 Å². The van der Waals surface area contributed by atoms with Gasteiger partial charge in [0.25, 0.3) is 0 Å². The summed E-state index contributed by atoms with van der Waals surface area (Å²) in [5, 5.41) is 5.65. The highest BCUT2D eigenvalue weighted by atomic mass is 19.1. The highest BCUT2D eigenvalue weighted by molar-refractivity contribution is 5.81. The Morgan fingerprint density at radius 1 is 1.37 bits per heavy atom. The smallest absolute Gasteiger partial charge is 0.237 e. The normalized spacial score (nSPS) is 11.9. The van der Waals surface area contributed by atoms with E-state index in [9.17, 15) is 13.6 Å². The number of benzene rings is 1. The monoisotopic (exact) mass is 268 g/mol. The fourth-order valence-corrected chi connectivity index (χ4v) is 1.61. The quantitative estimate of drug-likeness (QED) is 0.740. The van der Waals surface area contributed by atoms with Crippen LogP contribution >= 0.6 is 0 Å². The Morgan fingerprint density at radius 2 is 2.00 bits per heavy atom. The summed E-state index contributed by atoms with van der Waals surface area (Å²) >= 11 is 0. The molecule has 0 saturated heterocycles. The molecule has 104 valence electrons. The number of rotatable bonds is 7. The second-order valence-corrected chi connectivity index (χ2v) is 4.24. The van der Waals surface area contributed by atoms with Crippen molar-refractivity contribution in [1.29, 1.82) is 0 Å². The number of halogens is 2. The minimum absolute atomic E-state index is 0.134. The second kappa shape index (κ2) is 7.63. The van der Waals surface area contributed by atoms with Gasteiger partial charge in [-0.25, -0.2) is 8.78 Å². The number of amides is 1. The predicted octanol–water partition coefficient (Wildman–Crippen LogP) is 1.79. The Kier molecular flexibility index (Phi) is 6.15. The molecule has 2 N–H and O–H groups in total. The maximum atomic E-state index is 12.9. The number of hydrogen-bond donors (Lipinski definition) is 2. The Morgan fingerprint density at radius 3 is 2.58 bits per heavy atom. The minimum atomic E-state index is -0.591. The van der Waals surface area contributed by atoms with Gasteiger partial charge in [-0.2, -0.15) is 0 Å². The van der Waals surface area contributed by atoms with Crippen molar-refractivity contribution in [3.8, 4) is 0 Å². The number of hydrogen-bond acceptors (Lipinski definition) is 2. The van der Waals surface area contributed by atoms with E-state index in [0.717, 1.165) is 6.07 Å². The SMILES string of the molecule is C=CCNC(=O)C(C)NCCc1cc(F)cc(F)c1. The summed E-state index contributed by atoms with van der Waals surface area (Å²) in [5.41, 5.74) is 0.559. The van der Waals surface area contributed by atoms with Crippen molar-refractivity contribution in [2.45, 2.75) is 19.4 Å². The molecule has 1 aromatic carbocycles. The number of nitrogens with one attached hydrogen (secondary N) is 2. The first kappa shape index (κ1) is 15.3. The van der Waals surface area contributed by atoms with Gasteiger partial charge in [0, 0.05) is 12.6 Å². The highest BCUT2D eigenvalue weighted by Gasteiger charge is 2.10. The van der Waals surface area contributed by atoms with Crippen LogP contribution in [0.5, 0.6) is 0 Å². The van der Waals surface area contributed by atoms with Crippen molar-refractivity contribution in [3.63, 3.8) is 0 Å². The van der Waals surface area contributed by atoms with Crippen molar-refractivity contribution in [3.05, 3.63) is 48.1 Å². The van der Waals surface area contributed by atoms with Gasteiger partial charge in [-0.3, -0.25) is 4.79 Å². The van der Waals surface area contributed by atoms with Crippen molar-refractivity contribution < 1.29 is 13.6 Å². The van der Waals surface area contributed by atoms with E-state index in [2.05, 4.69) is 17.2 Å². The van der Waals surface area contributed by atoms with Crippen LogP contribution in [0.15, 0.2) is 30.9 Å². The van der Waals surface area contributed by atoms with E-state index in [1.54, 1.807) is 13.0 Å². The average molecular weight is 268 g/mol. The van der Waals surface area contributed by atoms with E-state index < -0.39 is 11.6 Å². The molecule has 1 aromatic rings. The van der Waals surface area contributed by atoms with Crippen molar-refractivity contribution in [2.24, 2.45) is 0 Å². The summed E-state index contributed by atoms with van der Waals surface area (Å²) in [6, 6.07) is 3.04. The van der Waals surface area contributed by atoms with E-state index in [1.807, 2.05) is 0 Å². The van der Waals surface area contributed by atoms with Gasteiger partial charge < -0.3 is 10.6 Å². The Labute approximate surface area is 111 Å². The van der Waals surface area contributed by atoms with Crippen LogP contribution < -0.4 is 10.6 Å². The lowest BCUT2D eigenvalue weighted by Gasteiger charge is -2.13. The third-order valence-electron chi connectivity index (χ3n) is 2.60. The summed E-state index contributed by atoms with van der Waals surface area (Å²) < 4.78 is 25.9. The molecule has 0 aliphatic rings. The molecule has 19 heavy (non-hydrogen) atoms. The van der Waals surface area contributed by atoms with Gasteiger partial charge in [-0.1, -0.05) is 6.08 Å². The largest absolute Gasteiger partial charge is 0.351 e. The van der Waals surface area contributed by atoms with Gasteiger partial charge in [0.05, 0.1) is 6.04 Å². The van der Waals surface area contributed by atoms with Crippen LogP contribution in [0, 0.1) is 11.6 Å². The molecule has 0 heterocycles. The summed E-state index contributed by atoms with van der Waals surface area (Å²) in [6.45, 7) is 6.11. The highest BCUT2D eigenvalue weighted by Crippen LogP contribution is 2.08. The van der Waals surface area contributed by atoms with Gasteiger partial charge in [0.1, 0.15) is 11.6 Å². The van der Waals surface area contributed by atoms with E-state index in [4.69, 9.17) is 0 Å². The summed E-state index contributed by atoms with van der Waals surface area (Å²) in [5.74, 6) is -1.32. The van der Waals surface area contributed by atoms with E-state index in [0.29, 0.717) is 25.1 Å². The topological polar surface area (TPSA) is 41.1 Å². The Balaban J connectivity index is 2.37. The molecule has 0 aromatic heterocycles. The fraction of sp³-hybridized carbons (Fsp3) is 0.357. The molecular weight excluding hydrogens is 250 g/mol. The molecule has 3 nitrogen and oxygen atoms in total. The molecule has 1 unspecified atom stereocenters. The van der Waals surface area contributed by atoms with Crippen molar-refractivity contribution in [2.75, 3.05) is 13.1 Å². The van der Waals surface area contributed by atoms with Crippen LogP contribution in [0.3, 0.4) is 0 Å². The average Bonchev–Trinajstić information content (AvgIpc) is 2.34. The Bertz CT molecular complexity index is 429. The zero-order valence-electron chi connectivity index (χ0n) is 10.9.